The van der Waals surface area contributed by atoms with Gasteiger partial charge in [-0.2, -0.15) is 0 Å². The molecule has 5 rings (SSSR count). The van der Waals surface area contributed by atoms with Crippen LogP contribution in [0.3, 0.4) is 0 Å². The molecule has 0 saturated carbocycles. The lowest BCUT2D eigenvalue weighted by atomic mass is 9.97. The molecule has 0 radical (unpaired) electrons. The average Bonchev–Trinajstić information content (AvgIpc) is 3.28. The molecule has 2 aromatic heterocycles. The first-order valence-electron chi connectivity index (χ1n) is 10.5. The predicted octanol–water partition coefficient (Wildman–Crippen LogP) is 5.49. The lowest BCUT2D eigenvalue weighted by molar-refractivity contribution is 0.0692. The number of carbonyl (C=O) groups is 1. The first-order chi connectivity index (χ1) is 15.2. The lowest BCUT2D eigenvalue weighted by Gasteiger charge is -2.31. The number of piperidine rings is 1. The Hall–Kier alpha value is -3.18. The number of carbonyl (C=O) groups excluding carboxylic acids is 1. The van der Waals surface area contributed by atoms with Crippen molar-refractivity contribution in [2.75, 3.05) is 13.1 Å². The number of aromatic nitrogens is 2. The van der Waals surface area contributed by atoms with E-state index in [9.17, 15) is 4.79 Å². The van der Waals surface area contributed by atoms with E-state index in [0.717, 1.165) is 46.6 Å². The van der Waals surface area contributed by atoms with E-state index in [1.807, 2.05) is 65.6 Å². The van der Waals surface area contributed by atoms with Crippen LogP contribution in [0, 0.1) is 0 Å². The van der Waals surface area contributed by atoms with Gasteiger partial charge in [0.25, 0.3) is 5.91 Å². The molecular formula is C25H22ClN3O2. The molecule has 2 aromatic carbocycles. The van der Waals surface area contributed by atoms with E-state index >= 15 is 0 Å². The summed E-state index contributed by atoms with van der Waals surface area (Å²) in [7, 11) is 0. The summed E-state index contributed by atoms with van der Waals surface area (Å²) in [6.45, 7) is 1.32. The molecule has 156 valence electrons. The van der Waals surface area contributed by atoms with Crippen LogP contribution in [-0.4, -0.2) is 33.9 Å². The average molecular weight is 432 g/mol. The number of halogens is 1. The van der Waals surface area contributed by atoms with Crippen LogP contribution in [0.15, 0.2) is 71.3 Å². The Bertz CT molecular complexity index is 1220. The molecule has 1 aliphatic rings. The highest BCUT2D eigenvalue weighted by Gasteiger charge is 2.29. The maximum atomic E-state index is 13.1. The van der Waals surface area contributed by atoms with E-state index < -0.39 is 0 Å². The molecule has 31 heavy (non-hydrogen) atoms. The smallest absolute Gasteiger partial charge is 0.272 e. The summed E-state index contributed by atoms with van der Waals surface area (Å²) in [5, 5.41) is 1.75. The Morgan fingerprint density at radius 1 is 1.10 bits per heavy atom. The monoisotopic (exact) mass is 431 g/mol. The van der Waals surface area contributed by atoms with E-state index in [1.54, 1.807) is 6.20 Å². The molecule has 4 aromatic rings. The number of fused-ring (bicyclic) bond motifs is 1. The second kappa shape index (κ2) is 8.52. The fourth-order valence-electron chi connectivity index (χ4n) is 4.11. The molecule has 0 spiro atoms. The molecule has 0 bridgehead atoms. The minimum absolute atomic E-state index is 0.0385. The van der Waals surface area contributed by atoms with Crippen LogP contribution in [-0.2, 0) is 6.42 Å². The van der Waals surface area contributed by atoms with E-state index in [0.29, 0.717) is 24.6 Å². The minimum atomic E-state index is -0.0385. The molecule has 0 aliphatic carbocycles. The fourth-order valence-corrected chi connectivity index (χ4v) is 4.23. The van der Waals surface area contributed by atoms with Crippen molar-refractivity contribution in [3.8, 4) is 0 Å². The van der Waals surface area contributed by atoms with Crippen LogP contribution < -0.4 is 0 Å². The van der Waals surface area contributed by atoms with Crippen molar-refractivity contribution >= 4 is 28.4 Å². The van der Waals surface area contributed by atoms with E-state index in [1.165, 1.54) is 0 Å². The van der Waals surface area contributed by atoms with Gasteiger partial charge in [0.15, 0.2) is 5.89 Å². The zero-order valence-corrected chi connectivity index (χ0v) is 17.8. The van der Waals surface area contributed by atoms with Crippen LogP contribution in [0.1, 0.15) is 46.5 Å². The molecule has 0 N–H and O–H groups in total. The number of benzene rings is 2. The van der Waals surface area contributed by atoms with Crippen molar-refractivity contribution < 1.29 is 9.21 Å². The highest BCUT2D eigenvalue weighted by molar-refractivity contribution is 6.30. The van der Waals surface area contributed by atoms with Crippen molar-refractivity contribution in [3.05, 3.63) is 94.8 Å². The largest absolute Gasteiger partial charge is 0.445 e. The first-order valence-corrected chi connectivity index (χ1v) is 10.9. The maximum Gasteiger partial charge on any atom is 0.272 e. The van der Waals surface area contributed by atoms with Gasteiger partial charge in [-0.05, 0) is 42.7 Å². The van der Waals surface area contributed by atoms with Crippen molar-refractivity contribution in [1.29, 1.82) is 0 Å². The first kappa shape index (κ1) is 19.8. The normalized spacial score (nSPS) is 16.5. The molecular weight excluding hydrogens is 410 g/mol. The van der Waals surface area contributed by atoms with Gasteiger partial charge in [-0.15, -0.1) is 0 Å². The summed E-state index contributed by atoms with van der Waals surface area (Å²) in [5.41, 5.74) is 2.44. The Kier molecular flexibility index (Phi) is 5.43. The van der Waals surface area contributed by atoms with Crippen molar-refractivity contribution in [3.63, 3.8) is 0 Å². The minimum Gasteiger partial charge on any atom is -0.445 e. The van der Waals surface area contributed by atoms with Gasteiger partial charge in [0, 0.05) is 29.9 Å². The fraction of sp³-hybridized carbons (Fsp3) is 0.240. The summed E-state index contributed by atoms with van der Waals surface area (Å²) >= 11 is 5.96. The number of hydrogen-bond donors (Lipinski definition) is 0. The van der Waals surface area contributed by atoms with Gasteiger partial charge in [0.05, 0.1) is 17.6 Å². The number of nitrogens with zero attached hydrogens (tertiary/aromatic N) is 3. The van der Waals surface area contributed by atoms with Gasteiger partial charge in [-0.3, -0.25) is 4.79 Å². The Balaban J connectivity index is 1.29. The number of hydrogen-bond acceptors (Lipinski definition) is 4. The predicted molar refractivity (Wildman–Crippen MR) is 120 cm³/mol. The van der Waals surface area contributed by atoms with E-state index in [2.05, 4.69) is 9.97 Å². The topological polar surface area (TPSA) is 59.2 Å². The number of para-hydroxylation sites is 1. The van der Waals surface area contributed by atoms with Gasteiger partial charge >= 0.3 is 0 Å². The zero-order chi connectivity index (χ0) is 21.2. The molecule has 3 heterocycles. The van der Waals surface area contributed by atoms with Gasteiger partial charge in [-0.1, -0.05) is 48.0 Å². The van der Waals surface area contributed by atoms with Crippen LogP contribution in [0.5, 0.6) is 0 Å². The number of amides is 1. The Labute approximate surface area is 185 Å². The molecule has 1 aliphatic heterocycles. The second-order valence-electron chi connectivity index (χ2n) is 7.95. The number of rotatable bonds is 4. The van der Waals surface area contributed by atoms with Gasteiger partial charge < -0.3 is 9.32 Å². The van der Waals surface area contributed by atoms with Gasteiger partial charge in [0.2, 0.25) is 0 Å². The number of pyridine rings is 1. The summed E-state index contributed by atoms with van der Waals surface area (Å²) in [4.78, 5) is 24.0. The molecule has 6 heteroatoms. The molecule has 1 unspecified atom stereocenters. The van der Waals surface area contributed by atoms with Crippen molar-refractivity contribution in [1.82, 2.24) is 14.9 Å². The zero-order valence-electron chi connectivity index (χ0n) is 17.0. The molecule has 1 amide bonds. The van der Waals surface area contributed by atoms with Crippen LogP contribution >= 0.6 is 11.6 Å². The highest BCUT2D eigenvalue weighted by atomic mass is 35.5. The maximum absolute atomic E-state index is 13.1. The van der Waals surface area contributed by atoms with E-state index in [-0.39, 0.29) is 11.8 Å². The Morgan fingerprint density at radius 3 is 2.81 bits per heavy atom. The molecule has 1 atom stereocenters. The number of likely N-dealkylation sites (tertiary alicyclic amines) is 1. The second-order valence-corrected chi connectivity index (χ2v) is 8.38. The van der Waals surface area contributed by atoms with Gasteiger partial charge in [0.1, 0.15) is 11.5 Å². The van der Waals surface area contributed by atoms with Crippen LogP contribution in [0.25, 0.3) is 10.9 Å². The van der Waals surface area contributed by atoms with Crippen molar-refractivity contribution in [2.45, 2.75) is 25.2 Å². The standard InChI is InChI=1S/C25H22ClN3O2/c26-20-10-7-17(8-11-20)14-21-15-27-24(31-21)19-5-3-13-29(16-19)25(30)23-12-9-18-4-1-2-6-22(18)28-23/h1-2,4,6-12,15,19H,3,5,13-14,16H2. The third-order valence-electron chi connectivity index (χ3n) is 5.74. The molecule has 1 saturated heterocycles. The summed E-state index contributed by atoms with van der Waals surface area (Å²) in [6.07, 6.45) is 4.32. The van der Waals surface area contributed by atoms with Crippen molar-refractivity contribution in [2.24, 2.45) is 0 Å². The highest BCUT2D eigenvalue weighted by Crippen LogP contribution is 2.28. The third kappa shape index (κ3) is 4.32. The summed E-state index contributed by atoms with van der Waals surface area (Å²) < 4.78 is 6.05. The molecule has 1 fully saturated rings. The van der Waals surface area contributed by atoms with Crippen LogP contribution in [0.2, 0.25) is 5.02 Å². The molecule has 5 nitrogen and oxygen atoms in total. The third-order valence-corrected chi connectivity index (χ3v) is 5.99. The van der Waals surface area contributed by atoms with E-state index in [4.69, 9.17) is 16.0 Å². The Morgan fingerprint density at radius 2 is 1.94 bits per heavy atom. The van der Waals surface area contributed by atoms with Crippen LogP contribution in [0.4, 0.5) is 0 Å². The van der Waals surface area contributed by atoms with Gasteiger partial charge in [-0.25, -0.2) is 9.97 Å². The quantitative estimate of drug-likeness (QED) is 0.429. The number of oxazole rings is 1. The SMILES string of the molecule is O=C(c1ccc2ccccc2n1)N1CCCC(c2ncc(Cc3ccc(Cl)cc3)o2)C1. The summed E-state index contributed by atoms with van der Waals surface area (Å²) in [6, 6.07) is 19.3. The lowest BCUT2D eigenvalue weighted by Crippen LogP contribution is -2.39. The summed E-state index contributed by atoms with van der Waals surface area (Å²) in [5.74, 6) is 1.57.